The third-order valence-electron chi connectivity index (χ3n) is 5.96. The first kappa shape index (κ1) is 21.6. The molecule has 0 saturated carbocycles. The Bertz CT molecular complexity index is 1370. The Morgan fingerprint density at radius 1 is 1.21 bits per heavy atom. The van der Waals surface area contributed by atoms with Gasteiger partial charge in [0.05, 0.1) is 11.4 Å². The maximum atomic E-state index is 15.0. The fourth-order valence-corrected chi connectivity index (χ4v) is 4.35. The van der Waals surface area contributed by atoms with Crippen molar-refractivity contribution in [2.24, 2.45) is 0 Å². The molecule has 34 heavy (non-hydrogen) atoms. The lowest BCUT2D eigenvalue weighted by Gasteiger charge is -2.32. The van der Waals surface area contributed by atoms with Crippen LogP contribution in [0.1, 0.15) is 18.9 Å². The first-order valence-electron chi connectivity index (χ1n) is 11.0. The highest BCUT2D eigenvalue weighted by Gasteiger charge is 2.29. The molecule has 1 atom stereocenters. The molecule has 0 bridgehead atoms. The number of amides is 1. The van der Waals surface area contributed by atoms with Crippen molar-refractivity contribution in [2.75, 3.05) is 18.4 Å². The summed E-state index contributed by atoms with van der Waals surface area (Å²) >= 11 is 0. The Morgan fingerprint density at radius 3 is 2.79 bits per heavy atom. The number of hydrogen-bond donors (Lipinski definition) is 2. The number of phenols is 1. The Kier molecular flexibility index (Phi) is 5.67. The quantitative estimate of drug-likeness (QED) is 0.430. The first-order chi connectivity index (χ1) is 16.5. The van der Waals surface area contributed by atoms with E-state index in [1.807, 2.05) is 30.3 Å². The molecular weight excluding hydrogens is 435 g/mol. The molecule has 9 heteroatoms. The van der Waals surface area contributed by atoms with E-state index in [4.69, 9.17) is 5.10 Å². The Hall–Kier alpha value is -4.27. The topological polar surface area (TPSA) is 96.2 Å². The number of aromatic hydroxyl groups is 1. The summed E-state index contributed by atoms with van der Waals surface area (Å²) in [6.45, 7) is 4.69. The minimum absolute atomic E-state index is 0.132. The number of phenolic OH excluding ortho intramolecular Hbond substituents is 1. The van der Waals surface area contributed by atoms with Crippen molar-refractivity contribution in [2.45, 2.75) is 18.9 Å². The number of carbonyl (C=O) groups is 1. The van der Waals surface area contributed by atoms with Crippen molar-refractivity contribution in [3.05, 3.63) is 73.3 Å². The van der Waals surface area contributed by atoms with Crippen LogP contribution in [0.25, 0.3) is 22.3 Å². The number of carbonyl (C=O) groups excluding carboxylic acids is 1. The summed E-state index contributed by atoms with van der Waals surface area (Å²) in [7, 11) is 0. The van der Waals surface area contributed by atoms with Crippen LogP contribution >= 0.6 is 0 Å². The molecule has 2 N–H and O–H groups in total. The molecule has 1 unspecified atom stereocenters. The molecule has 4 aromatic rings. The molecule has 2 aromatic heterocycles. The lowest BCUT2D eigenvalue weighted by Crippen LogP contribution is -2.40. The van der Waals surface area contributed by atoms with Crippen LogP contribution in [0, 0.1) is 5.82 Å². The van der Waals surface area contributed by atoms with Gasteiger partial charge in [-0.1, -0.05) is 24.8 Å². The number of halogens is 1. The van der Waals surface area contributed by atoms with Gasteiger partial charge in [-0.05, 0) is 43.2 Å². The third-order valence-corrected chi connectivity index (χ3v) is 5.96. The molecule has 0 aliphatic carbocycles. The average molecular weight is 458 g/mol. The van der Waals surface area contributed by atoms with Crippen LogP contribution in [0.3, 0.4) is 0 Å². The van der Waals surface area contributed by atoms with Crippen LogP contribution in [0.15, 0.2) is 67.5 Å². The highest BCUT2D eigenvalue weighted by atomic mass is 19.1. The normalized spacial score (nSPS) is 15.9. The Morgan fingerprint density at radius 2 is 2.03 bits per heavy atom. The van der Waals surface area contributed by atoms with Crippen molar-refractivity contribution in [3.8, 4) is 17.0 Å². The minimum atomic E-state index is -0.604. The number of nitrogens with one attached hydrogen (secondary N) is 1. The molecule has 5 rings (SSSR count). The number of aromatic nitrogens is 4. The van der Waals surface area contributed by atoms with Gasteiger partial charge in [0.15, 0.2) is 5.65 Å². The second-order valence-corrected chi connectivity index (χ2v) is 8.15. The molecule has 3 heterocycles. The zero-order valence-corrected chi connectivity index (χ0v) is 18.4. The number of likely N-dealkylation sites (tertiary alicyclic amines) is 1. The molecule has 2 aromatic carbocycles. The number of piperidine rings is 1. The van der Waals surface area contributed by atoms with Crippen molar-refractivity contribution in [1.29, 1.82) is 0 Å². The molecule has 0 radical (unpaired) electrons. The maximum Gasteiger partial charge on any atom is 0.246 e. The molecular formula is C25H23FN6O2. The molecule has 0 spiro atoms. The van der Waals surface area contributed by atoms with Crippen LogP contribution in [0.5, 0.6) is 5.75 Å². The number of para-hydroxylation sites is 1. The number of hydrogen-bond acceptors (Lipinski definition) is 6. The zero-order valence-electron chi connectivity index (χ0n) is 18.4. The van der Waals surface area contributed by atoms with Crippen molar-refractivity contribution >= 4 is 28.4 Å². The predicted octanol–water partition coefficient (Wildman–Crippen LogP) is 4.43. The molecule has 1 aliphatic rings. The van der Waals surface area contributed by atoms with Crippen LogP contribution in [-0.2, 0) is 4.79 Å². The van der Waals surface area contributed by atoms with E-state index in [2.05, 4.69) is 21.9 Å². The van der Waals surface area contributed by atoms with Gasteiger partial charge in [-0.25, -0.2) is 19.0 Å². The monoisotopic (exact) mass is 458 g/mol. The van der Waals surface area contributed by atoms with Crippen LogP contribution in [-0.4, -0.2) is 48.8 Å². The van der Waals surface area contributed by atoms with Gasteiger partial charge in [0.2, 0.25) is 5.91 Å². The highest BCUT2D eigenvalue weighted by molar-refractivity contribution is 6.00. The minimum Gasteiger partial charge on any atom is -0.508 e. The standard InChI is InChI=1S/C25H23FN6O2/c1-2-21(34)31-12-6-9-17(14-31)32-25-22(23(30-32)19-11-10-18(33)13-20(19)26)24(27-15-28-25)29-16-7-4-3-5-8-16/h2-5,7-8,10-11,13,15,17,33H,1,6,9,12,14H2,(H,27,28,29). The molecule has 1 amide bonds. The van der Waals surface area contributed by atoms with E-state index in [1.54, 1.807) is 9.58 Å². The van der Waals surface area contributed by atoms with E-state index in [0.29, 0.717) is 35.6 Å². The summed E-state index contributed by atoms with van der Waals surface area (Å²) in [4.78, 5) is 22.9. The molecule has 1 aliphatic heterocycles. The first-order valence-corrected chi connectivity index (χ1v) is 11.0. The van der Waals surface area contributed by atoms with Gasteiger partial charge in [-0.3, -0.25) is 4.79 Å². The highest BCUT2D eigenvalue weighted by Crippen LogP contribution is 2.37. The van der Waals surface area contributed by atoms with Crippen LogP contribution in [0.4, 0.5) is 15.9 Å². The largest absolute Gasteiger partial charge is 0.508 e. The molecule has 172 valence electrons. The summed E-state index contributed by atoms with van der Waals surface area (Å²) in [6, 6.07) is 13.3. The Labute approximate surface area is 195 Å². The SMILES string of the molecule is C=CC(=O)N1CCCC(n2nc(-c3ccc(O)cc3F)c3c(Nc4ccccc4)ncnc32)C1. The predicted molar refractivity (Wildman–Crippen MR) is 127 cm³/mol. The number of nitrogens with zero attached hydrogens (tertiary/aromatic N) is 5. The van der Waals surface area contributed by atoms with E-state index in [9.17, 15) is 14.3 Å². The molecule has 1 saturated heterocycles. The van der Waals surface area contributed by atoms with Crippen molar-refractivity contribution in [3.63, 3.8) is 0 Å². The van der Waals surface area contributed by atoms with Crippen LogP contribution in [0.2, 0.25) is 0 Å². The smallest absolute Gasteiger partial charge is 0.246 e. The van der Waals surface area contributed by atoms with Crippen LogP contribution < -0.4 is 5.32 Å². The van der Waals surface area contributed by atoms with Crippen molar-refractivity contribution in [1.82, 2.24) is 24.6 Å². The number of fused-ring (bicyclic) bond motifs is 1. The van der Waals surface area contributed by atoms with E-state index >= 15 is 0 Å². The summed E-state index contributed by atoms with van der Waals surface area (Å²) in [5.41, 5.74) is 1.93. The summed E-state index contributed by atoms with van der Waals surface area (Å²) in [5.74, 6) is -0.422. The number of anilines is 2. The fourth-order valence-electron chi connectivity index (χ4n) is 4.35. The number of benzene rings is 2. The summed E-state index contributed by atoms with van der Waals surface area (Å²) in [6.07, 6.45) is 4.35. The maximum absolute atomic E-state index is 15.0. The van der Waals surface area contributed by atoms with E-state index < -0.39 is 5.82 Å². The van der Waals surface area contributed by atoms with E-state index in [0.717, 1.165) is 24.6 Å². The van der Waals surface area contributed by atoms with Gasteiger partial charge in [-0.2, -0.15) is 5.10 Å². The lowest BCUT2D eigenvalue weighted by atomic mass is 10.1. The number of rotatable bonds is 5. The van der Waals surface area contributed by atoms with Gasteiger partial charge >= 0.3 is 0 Å². The van der Waals surface area contributed by atoms with E-state index in [1.165, 1.54) is 24.5 Å². The zero-order chi connectivity index (χ0) is 23.7. The summed E-state index contributed by atoms with van der Waals surface area (Å²) < 4.78 is 16.7. The molecule has 1 fully saturated rings. The second-order valence-electron chi connectivity index (χ2n) is 8.15. The Balaban J connectivity index is 1.67. The third kappa shape index (κ3) is 3.96. The second kappa shape index (κ2) is 8.93. The van der Waals surface area contributed by atoms with Gasteiger partial charge in [0.25, 0.3) is 0 Å². The van der Waals surface area contributed by atoms with E-state index in [-0.39, 0.29) is 23.3 Å². The van der Waals surface area contributed by atoms with Gasteiger partial charge in [0.1, 0.15) is 29.4 Å². The van der Waals surface area contributed by atoms with Gasteiger partial charge in [-0.15, -0.1) is 0 Å². The lowest BCUT2D eigenvalue weighted by molar-refractivity contribution is -0.127. The van der Waals surface area contributed by atoms with Gasteiger partial charge < -0.3 is 15.3 Å². The molecule has 8 nitrogen and oxygen atoms in total. The van der Waals surface area contributed by atoms with Gasteiger partial charge in [0, 0.05) is 30.4 Å². The summed E-state index contributed by atoms with van der Waals surface area (Å²) in [5, 5.41) is 18.3. The fraction of sp³-hybridized carbons (Fsp3) is 0.200. The van der Waals surface area contributed by atoms with Crippen molar-refractivity contribution < 1.29 is 14.3 Å². The average Bonchev–Trinajstić information content (AvgIpc) is 3.25.